The van der Waals surface area contributed by atoms with Gasteiger partial charge >= 0.3 is 11.9 Å². The lowest BCUT2D eigenvalue weighted by Gasteiger charge is -2.72. The summed E-state index contributed by atoms with van der Waals surface area (Å²) in [5.74, 6) is 0.257. The number of pyridine rings is 1. The van der Waals surface area contributed by atoms with E-state index in [1.807, 2.05) is 18.2 Å². The van der Waals surface area contributed by atoms with Crippen molar-refractivity contribution in [3.8, 4) is 0 Å². The van der Waals surface area contributed by atoms with Gasteiger partial charge < -0.3 is 9.84 Å². The van der Waals surface area contributed by atoms with Crippen LogP contribution in [0.2, 0.25) is 0 Å². The second-order valence-electron chi connectivity index (χ2n) is 20.2. The second kappa shape index (κ2) is 13.6. The van der Waals surface area contributed by atoms with E-state index >= 15 is 0 Å². The number of hydrogen-bond donors (Lipinski definition) is 1. The number of hydrogen-bond acceptors (Lipinski definition) is 6. The fourth-order valence-corrected chi connectivity index (χ4v) is 13.1. The monoisotopic (exact) mass is 727 g/mol. The molecule has 9 atom stereocenters. The van der Waals surface area contributed by atoms with Crippen LogP contribution in [0.15, 0.2) is 47.7 Å². The van der Waals surface area contributed by atoms with Gasteiger partial charge in [-0.3, -0.25) is 24.2 Å². The van der Waals surface area contributed by atoms with Crippen LogP contribution in [0, 0.1) is 56.2 Å². The molecule has 290 valence electrons. The minimum absolute atomic E-state index is 0.00863. The lowest BCUT2D eigenvalue weighted by molar-refractivity contribution is -0.232. The molecule has 0 amide bonds. The van der Waals surface area contributed by atoms with Gasteiger partial charge in [0.05, 0.1) is 11.8 Å². The van der Waals surface area contributed by atoms with E-state index in [-0.39, 0.29) is 63.5 Å². The zero-order chi connectivity index (χ0) is 38.9. The average Bonchev–Trinajstić information content (AvgIpc) is 3.38. The van der Waals surface area contributed by atoms with Crippen molar-refractivity contribution in [1.29, 1.82) is 0 Å². The van der Waals surface area contributed by atoms with Gasteiger partial charge in [0, 0.05) is 41.5 Å². The Bertz CT molecular complexity index is 1700. The van der Waals surface area contributed by atoms with Crippen molar-refractivity contribution < 1.29 is 29.0 Å². The van der Waals surface area contributed by atoms with Crippen molar-refractivity contribution in [3.05, 3.63) is 53.4 Å². The van der Waals surface area contributed by atoms with Crippen molar-refractivity contribution in [2.45, 2.75) is 152 Å². The number of ketones is 2. The molecule has 6 rings (SSSR count). The summed E-state index contributed by atoms with van der Waals surface area (Å²) in [4.78, 5) is 56.8. The number of carboxylic acids is 1. The highest BCUT2D eigenvalue weighted by molar-refractivity contribution is 6.01. The molecule has 4 fully saturated rings. The van der Waals surface area contributed by atoms with Gasteiger partial charge in [0.25, 0.3) is 0 Å². The third-order valence-electron chi connectivity index (χ3n) is 16.2. The highest BCUT2D eigenvalue weighted by Gasteiger charge is 2.70. The Morgan fingerprint density at radius 3 is 2.30 bits per heavy atom. The van der Waals surface area contributed by atoms with Crippen molar-refractivity contribution in [3.63, 3.8) is 0 Å². The molecule has 0 saturated heterocycles. The van der Waals surface area contributed by atoms with Crippen LogP contribution in [0.3, 0.4) is 0 Å². The Hall–Kier alpha value is -3.09. The fraction of sp³-hybridized carbons (Fsp3) is 0.717. The number of fused-ring (bicyclic) bond motifs is 7. The molecule has 0 spiro atoms. The zero-order valence-corrected chi connectivity index (χ0v) is 34.1. The number of carbonyl (C=O) groups is 4. The van der Waals surface area contributed by atoms with Crippen molar-refractivity contribution in [1.82, 2.24) is 4.98 Å². The van der Waals surface area contributed by atoms with Gasteiger partial charge in [0.2, 0.25) is 0 Å². The first-order chi connectivity index (χ1) is 24.6. The van der Waals surface area contributed by atoms with Gasteiger partial charge in [0.15, 0.2) is 11.6 Å². The maximum atomic E-state index is 14.0. The molecule has 1 aromatic rings. The molecule has 0 aliphatic heterocycles. The Morgan fingerprint density at radius 1 is 0.943 bits per heavy atom. The standard InChI is InChI=1S/C46H65NO6/c1-28(2)38-33(49)26-46(21-16-30(48)25-29(3)32-13-11-12-24-47-32)23-22-44(9)31(39(38)46)14-15-35-43(8)19-18-36(53-37(50)27-41(4,5)40(51)52)42(6,7)34(43)17-20-45(35,44)10/h11-13,16,21,24,28-29,31,34-36H,14-15,17-20,22-23,25-27H2,1-10H3,(H,51,52)/b21-16+/t29-,31+,34-,35+,36-,43-,44+,45+,46-/m0/s1. The molecule has 0 aromatic carbocycles. The first-order valence-corrected chi connectivity index (χ1v) is 20.5. The van der Waals surface area contributed by atoms with E-state index < -0.39 is 22.8 Å². The van der Waals surface area contributed by atoms with Gasteiger partial charge in [0.1, 0.15) is 6.10 Å². The molecule has 1 heterocycles. The first-order valence-electron chi connectivity index (χ1n) is 20.5. The van der Waals surface area contributed by atoms with E-state index in [1.165, 1.54) is 5.57 Å². The molecule has 5 aliphatic carbocycles. The molecular weight excluding hydrogens is 663 g/mol. The van der Waals surface area contributed by atoms with E-state index in [0.717, 1.165) is 62.6 Å². The summed E-state index contributed by atoms with van der Waals surface area (Å²) in [6.07, 6.45) is 14.2. The van der Waals surface area contributed by atoms with Gasteiger partial charge in [-0.1, -0.05) is 67.5 Å². The van der Waals surface area contributed by atoms with Crippen LogP contribution in [0.1, 0.15) is 151 Å². The number of allylic oxidation sites excluding steroid dienone is 4. The number of carbonyl (C=O) groups excluding carboxylic acids is 3. The molecule has 7 heteroatoms. The lowest BCUT2D eigenvalue weighted by Crippen LogP contribution is -2.65. The van der Waals surface area contributed by atoms with E-state index in [1.54, 1.807) is 26.1 Å². The molecule has 7 nitrogen and oxygen atoms in total. The highest BCUT2D eigenvalue weighted by atomic mass is 16.5. The number of ether oxygens (including phenoxy) is 1. The number of aromatic nitrogens is 1. The van der Waals surface area contributed by atoms with Crippen molar-refractivity contribution >= 4 is 23.5 Å². The third kappa shape index (κ3) is 6.38. The molecule has 0 bridgehead atoms. The normalized spacial score (nSPS) is 37.1. The third-order valence-corrected chi connectivity index (χ3v) is 16.2. The highest BCUT2D eigenvalue weighted by Crippen LogP contribution is 2.77. The predicted molar refractivity (Wildman–Crippen MR) is 207 cm³/mol. The van der Waals surface area contributed by atoms with E-state index in [4.69, 9.17) is 4.74 Å². The van der Waals surface area contributed by atoms with Crippen LogP contribution in [-0.4, -0.2) is 39.7 Å². The summed E-state index contributed by atoms with van der Waals surface area (Å²) in [6.45, 7) is 21.7. The molecular formula is C46H65NO6. The number of rotatable bonds is 10. The topological polar surface area (TPSA) is 111 Å². The Balaban J connectivity index is 1.27. The fourth-order valence-electron chi connectivity index (χ4n) is 13.1. The molecule has 0 radical (unpaired) electrons. The average molecular weight is 728 g/mol. The predicted octanol–water partition coefficient (Wildman–Crippen LogP) is 10.1. The SMILES string of the molecule is CC(C)C1=C2[C@H]3CC[C@@H]4[C@@]5(C)CC[C@H](OC(=O)CC(C)(C)C(=O)O)C(C)(C)[C@@H]5CC[C@@]4(C)[C@]3(C)CC[C@@]2(/C=C/C(=O)C[C@H](C)c2ccccn2)CC1=O. The van der Waals surface area contributed by atoms with Crippen LogP contribution in [0.5, 0.6) is 0 Å². The quantitative estimate of drug-likeness (QED) is 0.189. The summed E-state index contributed by atoms with van der Waals surface area (Å²) in [5.41, 5.74) is 1.64. The van der Waals surface area contributed by atoms with Crippen LogP contribution in [0.25, 0.3) is 0 Å². The smallest absolute Gasteiger partial charge is 0.309 e. The molecule has 53 heavy (non-hydrogen) atoms. The largest absolute Gasteiger partial charge is 0.481 e. The van der Waals surface area contributed by atoms with Gasteiger partial charge in [-0.05, 0) is 134 Å². The van der Waals surface area contributed by atoms with Crippen LogP contribution in [-0.2, 0) is 23.9 Å². The lowest BCUT2D eigenvalue weighted by atomic mass is 9.33. The zero-order valence-electron chi connectivity index (χ0n) is 34.1. The minimum atomic E-state index is -1.17. The second-order valence-corrected chi connectivity index (χ2v) is 20.2. The van der Waals surface area contributed by atoms with E-state index in [9.17, 15) is 24.3 Å². The maximum absolute atomic E-state index is 14.0. The summed E-state index contributed by atoms with van der Waals surface area (Å²) in [7, 11) is 0. The summed E-state index contributed by atoms with van der Waals surface area (Å²) >= 11 is 0. The Kier molecular flexibility index (Phi) is 10.1. The molecule has 1 N–H and O–H groups in total. The van der Waals surface area contributed by atoms with Gasteiger partial charge in [-0.25, -0.2) is 0 Å². The summed E-state index contributed by atoms with van der Waals surface area (Å²) in [6, 6.07) is 5.83. The Labute approximate surface area is 318 Å². The number of Topliss-reactive ketones (excluding diaryl/α,β-unsaturated/α-hetero) is 1. The molecule has 4 saturated carbocycles. The molecule has 5 aliphatic rings. The van der Waals surface area contributed by atoms with Crippen LogP contribution >= 0.6 is 0 Å². The summed E-state index contributed by atoms with van der Waals surface area (Å²) < 4.78 is 6.17. The first kappa shape index (κ1) is 39.6. The number of carboxylic acid groups (broad SMARTS) is 1. The number of esters is 1. The van der Waals surface area contributed by atoms with Crippen molar-refractivity contribution in [2.24, 2.45) is 56.2 Å². The van der Waals surface area contributed by atoms with Crippen LogP contribution in [0.4, 0.5) is 0 Å². The summed E-state index contributed by atoms with van der Waals surface area (Å²) in [5, 5.41) is 9.61. The van der Waals surface area contributed by atoms with E-state index in [0.29, 0.717) is 24.7 Å². The number of nitrogens with zero attached hydrogens (tertiary/aromatic N) is 1. The minimum Gasteiger partial charge on any atom is -0.481 e. The maximum Gasteiger partial charge on any atom is 0.309 e. The van der Waals surface area contributed by atoms with Crippen molar-refractivity contribution in [2.75, 3.05) is 0 Å². The Morgan fingerprint density at radius 2 is 1.66 bits per heavy atom. The van der Waals surface area contributed by atoms with Crippen LogP contribution < -0.4 is 0 Å². The molecule has 1 aromatic heterocycles. The molecule has 0 unspecified atom stereocenters. The van der Waals surface area contributed by atoms with Gasteiger partial charge in [-0.15, -0.1) is 0 Å². The van der Waals surface area contributed by atoms with Gasteiger partial charge in [-0.2, -0.15) is 0 Å². The number of aliphatic carboxylic acids is 1. The van der Waals surface area contributed by atoms with E-state index in [2.05, 4.69) is 66.4 Å².